The second-order valence-corrected chi connectivity index (χ2v) is 6.89. The molecule has 2 aromatic rings. The maximum Gasteiger partial charge on any atom is 0.295 e. The molecule has 0 radical (unpaired) electrons. The molecule has 1 heterocycles. The summed E-state index contributed by atoms with van der Waals surface area (Å²) in [6, 6.07) is 11.3. The molecule has 0 unspecified atom stereocenters. The number of unbranched alkanes of at least 4 members (excludes halogenated alkanes) is 1. The highest BCUT2D eigenvalue weighted by atomic mass is 16.6. The zero-order valence-electron chi connectivity index (χ0n) is 16.7. The van der Waals surface area contributed by atoms with Gasteiger partial charge in [0.2, 0.25) is 0 Å². The number of hydrogen-bond acceptors (Lipinski definition) is 6. The molecule has 1 atom stereocenters. The summed E-state index contributed by atoms with van der Waals surface area (Å²) in [6.45, 7) is 2.19. The maximum atomic E-state index is 12.9. The average Bonchev–Trinajstić information content (AvgIpc) is 3.01. The zero-order valence-corrected chi connectivity index (χ0v) is 16.7. The molecule has 1 aliphatic heterocycles. The van der Waals surface area contributed by atoms with E-state index < -0.39 is 22.7 Å². The number of rotatable bonds is 7. The number of ketones is 1. The van der Waals surface area contributed by atoms with Crippen LogP contribution in [0.25, 0.3) is 5.76 Å². The molecule has 30 heavy (non-hydrogen) atoms. The SMILES string of the molecule is CCCCN1C(=O)C(=O)C(=C(O)c2ccc(OC)cc2)[C@@H]1c1ccccc1[N+](=O)[O-]. The molecule has 1 N–H and O–H groups in total. The van der Waals surface area contributed by atoms with Gasteiger partial charge < -0.3 is 14.7 Å². The van der Waals surface area contributed by atoms with Gasteiger partial charge in [0.15, 0.2) is 0 Å². The molecule has 2 aromatic carbocycles. The first kappa shape index (κ1) is 21.0. The normalized spacial score (nSPS) is 17.9. The number of Topliss-reactive ketones (excluding diaryl/α,β-unsaturated/α-hetero) is 1. The van der Waals surface area contributed by atoms with Crippen molar-refractivity contribution in [3.05, 3.63) is 75.3 Å². The molecule has 1 fully saturated rings. The molecule has 0 aliphatic carbocycles. The van der Waals surface area contributed by atoms with E-state index in [4.69, 9.17) is 4.74 Å². The van der Waals surface area contributed by atoms with Crippen molar-refractivity contribution in [3.63, 3.8) is 0 Å². The van der Waals surface area contributed by atoms with E-state index in [1.54, 1.807) is 30.3 Å². The predicted octanol–water partition coefficient (Wildman–Crippen LogP) is 3.83. The molecule has 0 bridgehead atoms. The molecular weight excluding hydrogens is 388 g/mol. The van der Waals surface area contributed by atoms with Crippen LogP contribution in [0.4, 0.5) is 5.69 Å². The number of ether oxygens (including phenoxy) is 1. The minimum absolute atomic E-state index is 0.157. The summed E-state index contributed by atoms with van der Waals surface area (Å²) in [5, 5.41) is 22.5. The maximum absolute atomic E-state index is 12.9. The monoisotopic (exact) mass is 410 g/mol. The summed E-state index contributed by atoms with van der Waals surface area (Å²) >= 11 is 0. The number of benzene rings is 2. The van der Waals surface area contributed by atoms with Gasteiger partial charge in [-0.1, -0.05) is 25.5 Å². The van der Waals surface area contributed by atoms with E-state index in [0.29, 0.717) is 17.7 Å². The summed E-state index contributed by atoms with van der Waals surface area (Å²) in [5.41, 5.74) is 0.128. The number of amides is 1. The van der Waals surface area contributed by atoms with Crippen molar-refractivity contribution in [2.24, 2.45) is 0 Å². The van der Waals surface area contributed by atoms with Crippen molar-refractivity contribution < 1.29 is 24.4 Å². The van der Waals surface area contributed by atoms with E-state index in [1.165, 1.54) is 30.2 Å². The highest BCUT2D eigenvalue weighted by Gasteiger charge is 2.47. The van der Waals surface area contributed by atoms with Gasteiger partial charge in [-0.05, 0) is 36.8 Å². The van der Waals surface area contributed by atoms with Gasteiger partial charge in [-0.25, -0.2) is 0 Å². The molecule has 0 spiro atoms. The zero-order chi connectivity index (χ0) is 21.8. The molecule has 1 amide bonds. The second-order valence-electron chi connectivity index (χ2n) is 6.89. The van der Waals surface area contributed by atoms with E-state index in [0.717, 1.165) is 6.42 Å². The van der Waals surface area contributed by atoms with Crippen molar-refractivity contribution in [1.82, 2.24) is 4.90 Å². The van der Waals surface area contributed by atoms with Crippen LogP contribution in [0, 0.1) is 10.1 Å². The van der Waals surface area contributed by atoms with Crippen molar-refractivity contribution >= 4 is 23.1 Å². The molecule has 156 valence electrons. The van der Waals surface area contributed by atoms with Gasteiger partial charge in [-0.3, -0.25) is 19.7 Å². The van der Waals surface area contributed by atoms with Crippen LogP contribution < -0.4 is 4.74 Å². The standard InChI is InChI=1S/C22H22N2O6/c1-3-4-13-23-19(16-7-5-6-8-17(16)24(28)29)18(21(26)22(23)27)20(25)14-9-11-15(30-2)12-10-14/h5-12,19,25H,3-4,13H2,1-2H3/t19-/m0/s1. The minimum Gasteiger partial charge on any atom is -0.507 e. The van der Waals surface area contributed by atoms with E-state index in [-0.39, 0.29) is 29.1 Å². The fourth-order valence-corrected chi connectivity index (χ4v) is 3.55. The molecule has 1 saturated heterocycles. The van der Waals surface area contributed by atoms with Crippen molar-refractivity contribution in [3.8, 4) is 5.75 Å². The minimum atomic E-state index is -1.04. The van der Waals surface area contributed by atoms with Crippen LogP contribution in [-0.2, 0) is 9.59 Å². The molecule has 8 nitrogen and oxygen atoms in total. The van der Waals surface area contributed by atoms with Crippen molar-refractivity contribution in [1.29, 1.82) is 0 Å². The summed E-state index contributed by atoms with van der Waals surface area (Å²) in [5.74, 6) is -1.45. The van der Waals surface area contributed by atoms with Crippen LogP contribution >= 0.6 is 0 Å². The largest absolute Gasteiger partial charge is 0.507 e. The number of carbonyl (C=O) groups is 2. The molecular formula is C22H22N2O6. The predicted molar refractivity (Wildman–Crippen MR) is 110 cm³/mol. The topological polar surface area (TPSA) is 110 Å². The van der Waals surface area contributed by atoms with Gasteiger partial charge in [0.1, 0.15) is 11.5 Å². The van der Waals surface area contributed by atoms with Crippen LogP contribution in [0.1, 0.15) is 36.9 Å². The van der Waals surface area contributed by atoms with E-state index in [2.05, 4.69) is 0 Å². The lowest BCUT2D eigenvalue weighted by atomic mass is 9.94. The third-order valence-corrected chi connectivity index (χ3v) is 5.08. The van der Waals surface area contributed by atoms with Gasteiger partial charge in [0.05, 0.1) is 29.2 Å². The van der Waals surface area contributed by atoms with Crippen LogP contribution in [-0.4, -0.2) is 40.3 Å². The van der Waals surface area contributed by atoms with Crippen molar-refractivity contribution in [2.75, 3.05) is 13.7 Å². The number of nitro groups is 1. The number of nitrogens with zero attached hydrogens (tertiary/aromatic N) is 2. The third-order valence-electron chi connectivity index (χ3n) is 5.08. The lowest BCUT2D eigenvalue weighted by Crippen LogP contribution is -2.30. The van der Waals surface area contributed by atoms with Crippen LogP contribution in [0.15, 0.2) is 54.1 Å². The quantitative estimate of drug-likeness (QED) is 0.244. The van der Waals surface area contributed by atoms with Gasteiger partial charge in [-0.15, -0.1) is 0 Å². The Morgan fingerprint density at radius 3 is 2.43 bits per heavy atom. The fourth-order valence-electron chi connectivity index (χ4n) is 3.55. The second kappa shape index (κ2) is 8.77. The lowest BCUT2D eigenvalue weighted by molar-refractivity contribution is -0.385. The highest BCUT2D eigenvalue weighted by molar-refractivity contribution is 6.46. The van der Waals surface area contributed by atoms with E-state index in [9.17, 15) is 24.8 Å². The molecule has 1 aliphatic rings. The Bertz CT molecular complexity index is 1010. The number of hydrogen-bond donors (Lipinski definition) is 1. The van der Waals surface area contributed by atoms with Crippen LogP contribution in [0.2, 0.25) is 0 Å². The summed E-state index contributed by atoms with van der Waals surface area (Å²) in [4.78, 5) is 38.0. The Hall–Kier alpha value is -3.68. The van der Waals surface area contributed by atoms with Crippen LogP contribution in [0.3, 0.4) is 0 Å². The molecule has 0 aromatic heterocycles. The number of nitro benzene ring substituents is 1. The van der Waals surface area contributed by atoms with Crippen molar-refractivity contribution in [2.45, 2.75) is 25.8 Å². The smallest absolute Gasteiger partial charge is 0.295 e. The van der Waals surface area contributed by atoms with Crippen LogP contribution in [0.5, 0.6) is 5.75 Å². The Morgan fingerprint density at radius 2 is 1.83 bits per heavy atom. The van der Waals surface area contributed by atoms with Gasteiger partial charge in [0, 0.05) is 18.2 Å². The number of likely N-dealkylation sites (tertiary alicyclic amines) is 1. The van der Waals surface area contributed by atoms with Gasteiger partial charge >= 0.3 is 0 Å². The number of methoxy groups -OCH3 is 1. The highest BCUT2D eigenvalue weighted by Crippen LogP contribution is 2.42. The number of aliphatic hydroxyl groups is 1. The number of aliphatic hydroxyl groups excluding tert-OH is 1. The summed E-state index contributed by atoms with van der Waals surface area (Å²) in [7, 11) is 1.50. The van der Waals surface area contributed by atoms with Gasteiger partial charge in [0.25, 0.3) is 17.4 Å². The Kier molecular flexibility index (Phi) is 6.15. The average molecular weight is 410 g/mol. The first-order chi connectivity index (χ1) is 14.4. The fraction of sp³-hybridized carbons (Fsp3) is 0.273. The first-order valence-corrected chi connectivity index (χ1v) is 9.56. The van der Waals surface area contributed by atoms with Gasteiger partial charge in [-0.2, -0.15) is 0 Å². The lowest BCUT2D eigenvalue weighted by Gasteiger charge is -2.25. The van der Waals surface area contributed by atoms with E-state index in [1.807, 2.05) is 6.92 Å². The summed E-state index contributed by atoms with van der Waals surface area (Å²) < 4.78 is 5.10. The Balaban J connectivity index is 2.21. The third kappa shape index (κ3) is 3.76. The summed E-state index contributed by atoms with van der Waals surface area (Å²) in [6.07, 6.45) is 1.39. The number of para-hydroxylation sites is 1. The molecule has 8 heteroatoms. The number of carbonyl (C=O) groups excluding carboxylic acids is 2. The molecule has 0 saturated carbocycles. The Morgan fingerprint density at radius 1 is 1.17 bits per heavy atom. The van der Waals surface area contributed by atoms with E-state index >= 15 is 0 Å². The molecule has 3 rings (SSSR count). The first-order valence-electron chi connectivity index (χ1n) is 9.56. The Labute approximate surface area is 173 Å².